The number of imidazole rings is 1. The Balaban J connectivity index is 1.70. The standard InChI is InChI=1S/C22H24FN3O3/c1-4-28-20-9-7-17(13-21(20)29-5-2)22(27)25-14-16-6-8-19(18(23)12-16)26-11-10-24-15(26)3/h6-13H,4-5,14H2,1-3H3,(H,25,27). The van der Waals surface area contributed by atoms with Gasteiger partial charge in [-0.25, -0.2) is 9.37 Å². The van der Waals surface area contributed by atoms with Gasteiger partial charge in [-0.1, -0.05) is 6.07 Å². The van der Waals surface area contributed by atoms with Crippen molar-refractivity contribution in [2.75, 3.05) is 13.2 Å². The van der Waals surface area contributed by atoms with Crippen molar-refractivity contribution in [2.24, 2.45) is 0 Å². The lowest BCUT2D eigenvalue weighted by molar-refractivity contribution is 0.0950. The number of hydrogen-bond donors (Lipinski definition) is 1. The van der Waals surface area contributed by atoms with Gasteiger partial charge in [-0.3, -0.25) is 4.79 Å². The molecule has 3 rings (SSSR count). The summed E-state index contributed by atoms with van der Waals surface area (Å²) in [6.45, 7) is 6.73. The molecule has 29 heavy (non-hydrogen) atoms. The van der Waals surface area contributed by atoms with Crippen LogP contribution in [-0.2, 0) is 6.54 Å². The maximum Gasteiger partial charge on any atom is 0.251 e. The van der Waals surface area contributed by atoms with Gasteiger partial charge < -0.3 is 19.4 Å². The van der Waals surface area contributed by atoms with Gasteiger partial charge in [0, 0.05) is 24.5 Å². The van der Waals surface area contributed by atoms with Crippen LogP contribution in [0.4, 0.5) is 4.39 Å². The van der Waals surface area contributed by atoms with Crippen LogP contribution in [0.5, 0.6) is 11.5 Å². The Hall–Kier alpha value is -3.35. The zero-order valence-corrected chi connectivity index (χ0v) is 16.7. The topological polar surface area (TPSA) is 65.4 Å². The Morgan fingerprint density at radius 1 is 1.10 bits per heavy atom. The van der Waals surface area contributed by atoms with E-state index in [0.717, 1.165) is 0 Å². The van der Waals surface area contributed by atoms with E-state index in [-0.39, 0.29) is 18.3 Å². The summed E-state index contributed by atoms with van der Waals surface area (Å²) in [5.41, 5.74) is 1.53. The van der Waals surface area contributed by atoms with Gasteiger partial charge in [0.25, 0.3) is 5.91 Å². The first-order chi connectivity index (χ1) is 14.0. The average Bonchev–Trinajstić information content (AvgIpc) is 3.13. The third-order valence-electron chi connectivity index (χ3n) is 4.36. The van der Waals surface area contributed by atoms with E-state index in [2.05, 4.69) is 10.3 Å². The summed E-state index contributed by atoms with van der Waals surface area (Å²) in [7, 11) is 0. The highest BCUT2D eigenvalue weighted by Gasteiger charge is 2.12. The van der Waals surface area contributed by atoms with E-state index in [1.807, 2.05) is 13.8 Å². The number of rotatable bonds is 8. The van der Waals surface area contributed by atoms with Gasteiger partial charge in [-0.05, 0) is 56.7 Å². The number of carbonyl (C=O) groups excluding carboxylic acids is 1. The molecule has 0 atom stereocenters. The fourth-order valence-corrected chi connectivity index (χ4v) is 2.97. The number of aromatic nitrogens is 2. The van der Waals surface area contributed by atoms with Crippen LogP contribution in [0.3, 0.4) is 0 Å². The Kier molecular flexibility index (Phi) is 6.49. The highest BCUT2D eigenvalue weighted by Crippen LogP contribution is 2.28. The molecule has 0 unspecified atom stereocenters. The minimum Gasteiger partial charge on any atom is -0.490 e. The van der Waals surface area contributed by atoms with Crippen LogP contribution in [0, 0.1) is 12.7 Å². The molecule has 2 aromatic carbocycles. The molecule has 1 aromatic heterocycles. The number of benzene rings is 2. The molecule has 1 heterocycles. The number of carbonyl (C=O) groups is 1. The van der Waals surface area contributed by atoms with Crippen molar-refractivity contribution in [3.8, 4) is 17.2 Å². The van der Waals surface area contributed by atoms with Crippen molar-refractivity contribution in [3.05, 3.63) is 71.6 Å². The van der Waals surface area contributed by atoms with E-state index in [4.69, 9.17) is 9.47 Å². The first-order valence-electron chi connectivity index (χ1n) is 9.50. The fourth-order valence-electron chi connectivity index (χ4n) is 2.97. The van der Waals surface area contributed by atoms with Gasteiger partial charge in [0.15, 0.2) is 11.5 Å². The minimum absolute atomic E-state index is 0.204. The first kappa shape index (κ1) is 20.4. The van der Waals surface area contributed by atoms with Crippen LogP contribution in [-0.4, -0.2) is 28.7 Å². The molecule has 0 spiro atoms. The molecule has 0 aliphatic carbocycles. The zero-order valence-electron chi connectivity index (χ0n) is 16.7. The number of ether oxygens (including phenoxy) is 2. The van der Waals surface area contributed by atoms with E-state index in [1.165, 1.54) is 6.07 Å². The summed E-state index contributed by atoms with van der Waals surface area (Å²) in [5.74, 6) is 1.17. The maximum absolute atomic E-state index is 14.5. The predicted molar refractivity (Wildman–Crippen MR) is 108 cm³/mol. The van der Waals surface area contributed by atoms with Gasteiger partial charge in [0.05, 0.1) is 18.9 Å². The highest BCUT2D eigenvalue weighted by molar-refractivity contribution is 5.94. The van der Waals surface area contributed by atoms with Crippen molar-refractivity contribution in [1.29, 1.82) is 0 Å². The van der Waals surface area contributed by atoms with Crippen LogP contribution < -0.4 is 14.8 Å². The Labute approximate surface area is 169 Å². The number of nitrogens with one attached hydrogen (secondary N) is 1. The number of halogens is 1. The Morgan fingerprint density at radius 2 is 1.86 bits per heavy atom. The minimum atomic E-state index is -0.377. The van der Waals surface area contributed by atoms with E-state index in [9.17, 15) is 9.18 Å². The summed E-state index contributed by atoms with van der Waals surface area (Å²) in [4.78, 5) is 16.6. The Morgan fingerprint density at radius 3 is 2.52 bits per heavy atom. The quantitative estimate of drug-likeness (QED) is 0.623. The van der Waals surface area contributed by atoms with E-state index < -0.39 is 0 Å². The molecule has 0 bridgehead atoms. The lowest BCUT2D eigenvalue weighted by Gasteiger charge is -2.13. The van der Waals surface area contributed by atoms with Crippen LogP contribution in [0.2, 0.25) is 0 Å². The van der Waals surface area contributed by atoms with Crippen LogP contribution in [0.25, 0.3) is 5.69 Å². The second-order valence-electron chi connectivity index (χ2n) is 6.34. The van der Waals surface area contributed by atoms with Crippen LogP contribution >= 0.6 is 0 Å². The zero-order chi connectivity index (χ0) is 20.8. The lowest BCUT2D eigenvalue weighted by Crippen LogP contribution is -2.23. The number of nitrogens with zero attached hydrogens (tertiary/aromatic N) is 2. The number of hydrogen-bond acceptors (Lipinski definition) is 4. The van der Waals surface area contributed by atoms with Crippen molar-refractivity contribution in [3.63, 3.8) is 0 Å². The number of amides is 1. The number of aryl methyl sites for hydroxylation is 1. The average molecular weight is 397 g/mol. The summed E-state index contributed by atoms with van der Waals surface area (Å²) in [5, 5.41) is 2.81. The Bertz CT molecular complexity index is 1000. The molecule has 7 heteroatoms. The van der Waals surface area contributed by atoms with E-state index in [0.29, 0.717) is 47.4 Å². The highest BCUT2D eigenvalue weighted by atomic mass is 19.1. The molecular formula is C22H24FN3O3. The third-order valence-corrected chi connectivity index (χ3v) is 4.36. The maximum atomic E-state index is 14.5. The molecule has 0 aliphatic heterocycles. The van der Waals surface area contributed by atoms with Crippen LogP contribution in [0.1, 0.15) is 35.6 Å². The van der Waals surface area contributed by atoms with Crippen molar-refractivity contribution in [1.82, 2.24) is 14.9 Å². The largest absolute Gasteiger partial charge is 0.490 e. The predicted octanol–water partition coefficient (Wildman–Crippen LogP) is 4.05. The van der Waals surface area contributed by atoms with Gasteiger partial charge in [-0.15, -0.1) is 0 Å². The summed E-state index contributed by atoms with van der Waals surface area (Å²) < 4.78 is 27.2. The van der Waals surface area contributed by atoms with Crippen molar-refractivity contribution >= 4 is 5.91 Å². The van der Waals surface area contributed by atoms with Gasteiger partial charge in [0.2, 0.25) is 0 Å². The summed E-state index contributed by atoms with van der Waals surface area (Å²) in [6.07, 6.45) is 3.33. The molecule has 0 saturated heterocycles. The molecule has 0 saturated carbocycles. The smallest absolute Gasteiger partial charge is 0.251 e. The lowest BCUT2D eigenvalue weighted by atomic mass is 10.1. The normalized spacial score (nSPS) is 10.6. The summed E-state index contributed by atoms with van der Waals surface area (Å²) in [6, 6.07) is 9.91. The molecule has 3 aromatic rings. The van der Waals surface area contributed by atoms with E-state index in [1.54, 1.807) is 54.2 Å². The summed E-state index contributed by atoms with van der Waals surface area (Å²) >= 11 is 0. The molecule has 0 radical (unpaired) electrons. The van der Waals surface area contributed by atoms with E-state index >= 15 is 0 Å². The molecule has 152 valence electrons. The monoisotopic (exact) mass is 397 g/mol. The third kappa shape index (κ3) is 4.74. The second-order valence-corrected chi connectivity index (χ2v) is 6.34. The second kappa shape index (κ2) is 9.23. The molecule has 1 amide bonds. The van der Waals surface area contributed by atoms with Crippen LogP contribution in [0.15, 0.2) is 48.8 Å². The molecule has 0 fully saturated rings. The molecule has 0 aliphatic rings. The molecule has 6 nitrogen and oxygen atoms in total. The van der Waals surface area contributed by atoms with Gasteiger partial charge in [-0.2, -0.15) is 0 Å². The van der Waals surface area contributed by atoms with Crippen molar-refractivity contribution < 1.29 is 18.7 Å². The molecule has 1 N–H and O–H groups in total. The molecular weight excluding hydrogens is 373 g/mol. The van der Waals surface area contributed by atoms with Gasteiger partial charge >= 0.3 is 0 Å². The van der Waals surface area contributed by atoms with Crippen molar-refractivity contribution in [2.45, 2.75) is 27.3 Å². The fraction of sp³-hybridized carbons (Fsp3) is 0.273. The SMILES string of the molecule is CCOc1ccc(C(=O)NCc2ccc(-n3ccnc3C)c(F)c2)cc1OCC. The first-order valence-corrected chi connectivity index (χ1v) is 9.50. The van der Waals surface area contributed by atoms with Gasteiger partial charge in [0.1, 0.15) is 11.6 Å².